The largest absolute Gasteiger partial charge is 0.317 e. The van der Waals surface area contributed by atoms with Gasteiger partial charge in [0.2, 0.25) is 5.91 Å². The van der Waals surface area contributed by atoms with Gasteiger partial charge in [-0.3, -0.25) is 4.79 Å². The Morgan fingerprint density at radius 1 is 1.10 bits per heavy atom. The number of carbonyl (C=O) groups excluding carboxylic acids is 1. The maximum absolute atomic E-state index is 12.9. The second kappa shape index (κ2) is 8.56. The lowest BCUT2D eigenvalue weighted by molar-refractivity contribution is -0.115. The summed E-state index contributed by atoms with van der Waals surface area (Å²) in [4.78, 5) is 19.3. The molecule has 2 aromatic carbocycles. The molecule has 31 heavy (non-hydrogen) atoms. The summed E-state index contributed by atoms with van der Waals surface area (Å²) in [5.41, 5.74) is 5.92. The van der Waals surface area contributed by atoms with Crippen LogP contribution in [0.4, 0.5) is 5.00 Å². The van der Waals surface area contributed by atoms with Crippen molar-refractivity contribution in [2.75, 3.05) is 5.32 Å². The minimum Gasteiger partial charge on any atom is -0.317 e. The van der Waals surface area contributed by atoms with Gasteiger partial charge in [0.05, 0.1) is 16.6 Å². The van der Waals surface area contributed by atoms with Crippen LogP contribution in [0.1, 0.15) is 41.8 Å². The molecule has 1 aliphatic rings. The molecule has 0 bridgehead atoms. The molecule has 2 heterocycles. The van der Waals surface area contributed by atoms with Crippen LogP contribution < -0.4 is 5.32 Å². The number of hydrogen-bond donors (Lipinski definition) is 1. The van der Waals surface area contributed by atoms with E-state index in [1.54, 1.807) is 22.7 Å². The van der Waals surface area contributed by atoms with Crippen LogP contribution in [0.2, 0.25) is 0 Å². The van der Waals surface area contributed by atoms with Gasteiger partial charge in [-0.1, -0.05) is 50.2 Å². The summed E-state index contributed by atoms with van der Waals surface area (Å²) in [6, 6.07) is 16.6. The van der Waals surface area contributed by atoms with Crippen molar-refractivity contribution >= 4 is 43.8 Å². The highest BCUT2D eigenvalue weighted by Crippen LogP contribution is 2.47. The third kappa shape index (κ3) is 4.17. The fraction of sp³-hybridized carbons (Fsp3) is 0.308. The van der Waals surface area contributed by atoms with Crippen LogP contribution in [0.15, 0.2) is 48.5 Å². The number of nitrogens with zero attached hydrogens (tertiary/aromatic N) is 1. The zero-order valence-electron chi connectivity index (χ0n) is 17.9. The molecule has 0 saturated carbocycles. The molecule has 5 heteroatoms. The van der Waals surface area contributed by atoms with E-state index in [1.807, 2.05) is 6.07 Å². The molecule has 1 N–H and O–H groups in total. The summed E-state index contributed by atoms with van der Waals surface area (Å²) in [5.74, 6) is 0.730. The molecule has 1 atom stereocenters. The summed E-state index contributed by atoms with van der Waals surface area (Å²) in [6.45, 7) is 4.46. The average molecular weight is 447 g/mol. The third-order valence-electron chi connectivity index (χ3n) is 6.07. The maximum atomic E-state index is 12.9. The van der Waals surface area contributed by atoms with E-state index < -0.39 is 0 Å². The summed E-state index contributed by atoms with van der Waals surface area (Å²) in [7, 11) is 0. The van der Waals surface area contributed by atoms with E-state index in [0.717, 1.165) is 45.9 Å². The lowest BCUT2D eigenvalue weighted by atomic mass is 9.88. The molecule has 1 unspecified atom stereocenters. The van der Waals surface area contributed by atoms with Crippen LogP contribution in [-0.2, 0) is 30.5 Å². The molecule has 5 rings (SSSR count). The number of aryl methyl sites for hydroxylation is 1. The normalized spacial score (nSPS) is 15.7. The maximum Gasteiger partial charge on any atom is 0.229 e. The van der Waals surface area contributed by atoms with Crippen LogP contribution in [0.5, 0.6) is 0 Å². The number of nitrogens with one attached hydrogen (secondary N) is 1. The van der Waals surface area contributed by atoms with Crippen molar-refractivity contribution in [3.8, 4) is 10.6 Å². The zero-order valence-corrected chi connectivity index (χ0v) is 19.5. The van der Waals surface area contributed by atoms with Crippen molar-refractivity contribution in [2.45, 2.75) is 46.0 Å². The van der Waals surface area contributed by atoms with Crippen LogP contribution in [0.25, 0.3) is 20.8 Å². The summed E-state index contributed by atoms with van der Waals surface area (Å²) < 4.78 is 1.19. The molecule has 0 radical (unpaired) electrons. The number of thiophene rings is 1. The fourth-order valence-corrected chi connectivity index (χ4v) is 6.83. The van der Waals surface area contributed by atoms with Crippen molar-refractivity contribution in [1.29, 1.82) is 0 Å². The Bertz CT molecular complexity index is 1200. The highest BCUT2D eigenvalue weighted by Gasteiger charge is 2.27. The summed E-state index contributed by atoms with van der Waals surface area (Å²) in [6.07, 6.45) is 4.75. The molecular formula is C26H26N2OS2. The number of hydrogen-bond acceptors (Lipinski definition) is 4. The molecule has 1 aliphatic carbocycles. The molecular weight excluding hydrogens is 420 g/mol. The number of amides is 1. The quantitative estimate of drug-likeness (QED) is 0.362. The number of para-hydroxylation sites is 1. The number of aromatic nitrogens is 1. The SMILES string of the molecule is CCc1ccc(CC(=O)Nc2sc3c(c2-c2nc4ccccc4s2)CCC(C)C3)cc1. The van der Waals surface area contributed by atoms with Gasteiger partial charge < -0.3 is 5.32 Å². The van der Waals surface area contributed by atoms with E-state index in [1.165, 1.54) is 27.1 Å². The van der Waals surface area contributed by atoms with E-state index in [0.29, 0.717) is 12.3 Å². The van der Waals surface area contributed by atoms with Gasteiger partial charge in [-0.05, 0) is 60.4 Å². The van der Waals surface area contributed by atoms with Crippen LogP contribution >= 0.6 is 22.7 Å². The van der Waals surface area contributed by atoms with Gasteiger partial charge in [-0.25, -0.2) is 4.98 Å². The van der Waals surface area contributed by atoms with Gasteiger partial charge >= 0.3 is 0 Å². The monoisotopic (exact) mass is 446 g/mol. The molecule has 0 saturated heterocycles. The van der Waals surface area contributed by atoms with E-state index in [9.17, 15) is 4.79 Å². The van der Waals surface area contributed by atoms with E-state index in [2.05, 4.69) is 61.6 Å². The highest BCUT2D eigenvalue weighted by molar-refractivity contribution is 7.22. The minimum atomic E-state index is 0.0401. The first-order chi connectivity index (χ1) is 15.1. The Labute approximate surface area is 191 Å². The predicted octanol–water partition coefficient (Wildman–Crippen LogP) is 6.89. The number of rotatable bonds is 5. The molecule has 158 valence electrons. The summed E-state index contributed by atoms with van der Waals surface area (Å²) >= 11 is 3.47. The topological polar surface area (TPSA) is 42.0 Å². The smallest absolute Gasteiger partial charge is 0.229 e. The number of anilines is 1. The molecule has 0 fully saturated rings. The van der Waals surface area contributed by atoms with Gasteiger partial charge in [-0.2, -0.15) is 0 Å². The first kappa shape index (κ1) is 20.4. The van der Waals surface area contributed by atoms with E-state index >= 15 is 0 Å². The second-order valence-corrected chi connectivity index (χ2v) is 10.6. The van der Waals surface area contributed by atoms with Crippen molar-refractivity contribution < 1.29 is 4.79 Å². The molecule has 0 spiro atoms. The van der Waals surface area contributed by atoms with Gasteiger partial charge in [-0.15, -0.1) is 22.7 Å². The number of thiazole rings is 1. The Morgan fingerprint density at radius 2 is 1.87 bits per heavy atom. The Hall–Kier alpha value is -2.50. The number of benzene rings is 2. The Morgan fingerprint density at radius 3 is 2.65 bits per heavy atom. The van der Waals surface area contributed by atoms with Gasteiger partial charge in [0.1, 0.15) is 10.0 Å². The second-order valence-electron chi connectivity index (χ2n) is 8.44. The standard InChI is InChI=1S/C26H26N2OS2/c1-3-17-9-11-18(12-10-17)15-23(29)28-26-24(19-13-8-16(2)14-22(19)31-26)25-27-20-6-4-5-7-21(20)30-25/h4-7,9-12,16H,3,8,13-15H2,1-2H3,(H,28,29). The first-order valence-corrected chi connectivity index (χ1v) is 12.6. The lowest BCUT2D eigenvalue weighted by Crippen LogP contribution is -2.14. The van der Waals surface area contributed by atoms with Crippen molar-refractivity contribution in [2.24, 2.45) is 5.92 Å². The summed E-state index contributed by atoms with van der Waals surface area (Å²) in [5, 5.41) is 5.24. The molecule has 2 aromatic heterocycles. The van der Waals surface area contributed by atoms with Gasteiger partial charge in [0.15, 0.2) is 0 Å². The Balaban J connectivity index is 1.48. The molecule has 1 amide bonds. The van der Waals surface area contributed by atoms with Gasteiger partial charge in [0.25, 0.3) is 0 Å². The predicted molar refractivity (Wildman–Crippen MR) is 132 cm³/mol. The number of carbonyl (C=O) groups is 1. The zero-order chi connectivity index (χ0) is 21.4. The minimum absolute atomic E-state index is 0.0401. The van der Waals surface area contributed by atoms with E-state index in [-0.39, 0.29) is 5.91 Å². The van der Waals surface area contributed by atoms with Gasteiger partial charge in [0, 0.05) is 10.4 Å². The van der Waals surface area contributed by atoms with E-state index in [4.69, 9.17) is 4.98 Å². The Kier molecular flexibility index (Phi) is 5.63. The average Bonchev–Trinajstić information content (AvgIpc) is 3.34. The molecule has 4 aromatic rings. The van der Waals surface area contributed by atoms with Crippen molar-refractivity contribution in [3.05, 3.63) is 70.1 Å². The molecule has 3 nitrogen and oxygen atoms in total. The van der Waals surface area contributed by atoms with Crippen LogP contribution in [0.3, 0.4) is 0 Å². The lowest BCUT2D eigenvalue weighted by Gasteiger charge is -2.18. The number of fused-ring (bicyclic) bond motifs is 2. The molecule has 0 aliphatic heterocycles. The highest BCUT2D eigenvalue weighted by atomic mass is 32.1. The van der Waals surface area contributed by atoms with Crippen LogP contribution in [-0.4, -0.2) is 10.9 Å². The fourth-order valence-electron chi connectivity index (χ4n) is 4.29. The van der Waals surface area contributed by atoms with Crippen molar-refractivity contribution in [3.63, 3.8) is 0 Å². The van der Waals surface area contributed by atoms with Crippen LogP contribution in [0, 0.1) is 5.92 Å². The third-order valence-corrected chi connectivity index (χ3v) is 8.29. The van der Waals surface area contributed by atoms with Crippen molar-refractivity contribution in [1.82, 2.24) is 4.98 Å². The first-order valence-electron chi connectivity index (χ1n) is 11.0.